The van der Waals surface area contributed by atoms with Crippen molar-refractivity contribution in [2.45, 2.75) is 44.4 Å². The van der Waals surface area contributed by atoms with Crippen molar-refractivity contribution in [3.63, 3.8) is 0 Å². The van der Waals surface area contributed by atoms with Crippen LogP contribution in [-0.4, -0.2) is 59.5 Å². The monoisotopic (exact) mass is 487 g/mol. The molecule has 2 aliphatic heterocycles. The lowest BCUT2D eigenvalue weighted by molar-refractivity contribution is -0.138. The second kappa shape index (κ2) is 8.89. The molecule has 11 heteroatoms. The summed E-state index contributed by atoms with van der Waals surface area (Å²) < 4.78 is 46.0. The van der Waals surface area contributed by atoms with Crippen LogP contribution in [0.15, 0.2) is 30.5 Å². The minimum Gasteiger partial charge on any atom is -0.374 e. The Morgan fingerprint density at radius 3 is 2.71 bits per heavy atom. The van der Waals surface area contributed by atoms with Crippen LogP contribution in [0.3, 0.4) is 0 Å². The molecule has 2 fully saturated rings. The van der Waals surface area contributed by atoms with Crippen LogP contribution < -0.4 is 16.0 Å². The van der Waals surface area contributed by atoms with Crippen molar-refractivity contribution >= 4 is 22.4 Å². The van der Waals surface area contributed by atoms with E-state index in [1.165, 1.54) is 13.0 Å². The Kier molecular flexibility index (Phi) is 6.02. The molecule has 186 valence electrons. The summed E-state index contributed by atoms with van der Waals surface area (Å²) in [6, 6.07) is 6.25. The summed E-state index contributed by atoms with van der Waals surface area (Å²) in [5.41, 5.74) is 6.83. The molecule has 3 N–H and O–H groups in total. The number of halogens is 3. The van der Waals surface area contributed by atoms with Gasteiger partial charge in [0.2, 0.25) is 0 Å². The Balaban J connectivity index is 1.53. The molecule has 5 rings (SSSR count). The highest BCUT2D eigenvalue weighted by molar-refractivity contribution is 5.94. The molecule has 0 amide bonds. The maximum atomic E-state index is 13.4. The standard InChI is InChI=1S/C24H28F3N7O/c1-13-16(5-4-6-19(13)24(25,26)27)22(28)30-23-17-8-21(34-10-15-7-14(34)12-35-15)29-9-18(17)20(31-32-23)11-33(2)3/h4-6,8-9,14-15,22H,7,10-12,28H2,1-3H3,(H,30,32)/t14-,15-,22+/m1/s1. The molecule has 2 aliphatic rings. The molecule has 2 bridgehead atoms. The number of anilines is 2. The van der Waals surface area contributed by atoms with Crippen molar-refractivity contribution in [1.82, 2.24) is 20.1 Å². The van der Waals surface area contributed by atoms with Crippen molar-refractivity contribution in [3.05, 3.63) is 52.8 Å². The van der Waals surface area contributed by atoms with Crippen molar-refractivity contribution in [2.75, 3.05) is 37.5 Å². The first-order valence-corrected chi connectivity index (χ1v) is 11.5. The van der Waals surface area contributed by atoms with Crippen LogP contribution in [0.4, 0.5) is 24.8 Å². The first-order valence-electron chi connectivity index (χ1n) is 11.5. The molecule has 35 heavy (non-hydrogen) atoms. The number of fused-ring (bicyclic) bond motifs is 3. The van der Waals surface area contributed by atoms with Gasteiger partial charge in [0.1, 0.15) is 12.0 Å². The van der Waals surface area contributed by atoms with Crippen LogP contribution in [0.25, 0.3) is 10.8 Å². The number of rotatable bonds is 6. The van der Waals surface area contributed by atoms with E-state index in [2.05, 4.69) is 20.4 Å². The number of nitrogens with zero attached hydrogens (tertiary/aromatic N) is 5. The Morgan fingerprint density at radius 2 is 2.06 bits per heavy atom. The van der Waals surface area contributed by atoms with E-state index in [0.29, 0.717) is 24.5 Å². The lowest BCUT2D eigenvalue weighted by Crippen LogP contribution is -2.37. The summed E-state index contributed by atoms with van der Waals surface area (Å²) >= 11 is 0. The minimum absolute atomic E-state index is 0.0805. The zero-order valence-electron chi connectivity index (χ0n) is 19.8. The van der Waals surface area contributed by atoms with Crippen LogP contribution in [0.2, 0.25) is 0 Å². The van der Waals surface area contributed by atoms with Crippen LogP contribution in [0.5, 0.6) is 0 Å². The molecular formula is C24H28F3N7O. The van der Waals surface area contributed by atoms with Crippen molar-refractivity contribution < 1.29 is 17.9 Å². The van der Waals surface area contributed by atoms with Gasteiger partial charge in [-0.1, -0.05) is 12.1 Å². The topological polar surface area (TPSA) is 92.4 Å². The number of hydrogen-bond donors (Lipinski definition) is 2. The number of nitrogens with one attached hydrogen (secondary N) is 1. The lowest BCUT2D eigenvalue weighted by Gasteiger charge is -2.28. The van der Waals surface area contributed by atoms with E-state index in [1.807, 2.05) is 25.1 Å². The number of ether oxygens (including phenoxy) is 1. The first kappa shape index (κ1) is 23.7. The number of pyridine rings is 1. The number of morpholine rings is 1. The Hall–Kier alpha value is -3.02. The molecule has 8 nitrogen and oxygen atoms in total. The largest absolute Gasteiger partial charge is 0.416 e. The quantitative estimate of drug-likeness (QED) is 0.511. The molecule has 1 aromatic carbocycles. The van der Waals surface area contributed by atoms with Gasteiger partial charge in [0.25, 0.3) is 0 Å². The molecule has 2 saturated heterocycles. The van der Waals surface area contributed by atoms with E-state index in [4.69, 9.17) is 15.5 Å². The molecule has 0 radical (unpaired) electrons. The van der Waals surface area contributed by atoms with E-state index in [-0.39, 0.29) is 17.7 Å². The number of alkyl halides is 3. The highest BCUT2D eigenvalue weighted by Crippen LogP contribution is 2.36. The molecule has 2 aromatic heterocycles. The summed E-state index contributed by atoms with van der Waals surface area (Å²) in [4.78, 5) is 8.93. The maximum Gasteiger partial charge on any atom is 0.416 e. The number of hydrogen-bond acceptors (Lipinski definition) is 8. The van der Waals surface area contributed by atoms with Crippen molar-refractivity contribution in [2.24, 2.45) is 5.73 Å². The molecule has 0 unspecified atom stereocenters. The lowest BCUT2D eigenvalue weighted by atomic mass is 10.00. The third kappa shape index (κ3) is 4.51. The minimum atomic E-state index is -4.46. The SMILES string of the molecule is Cc1c([C@@H](N)Nc2nnc(CN(C)C)c3cnc(N4C[C@H]5C[C@@H]4CO5)cc23)cccc1C(F)(F)F. The van der Waals surface area contributed by atoms with Gasteiger partial charge >= 0.3 is 6.18 Å². The van der Waals surface area contributed by atoms with Gasteiger partial charge in [-0.3, -0.25) is 0 Å². The zero-order valence-corrected chi connectivity index (χ0v) is 19.8. The van der Waals surface area contributed by atoms with E-state index in [0.717, 1.165) is 41.3 Å². The summed E-state index contributed by atoms with van der Waals surface area (Å²) in [6.45, 7) is 3.44. The summed E-state index contributed by atoms with van der Waals surface area (Å²) in [6.07, 6.45) is -2.39. The first-order chi connectivity index (χ1) is 16.6. The summed E-state index contributed by atoms with van der Waals surface area (Å²) in [7, 11) is 3.88. The van der Waals surface area contributed by atoms with E-state index >= 15 is 0 Å². The number of aromatic nitrogens is 3. The highest BCUT2D eigenvalue weighted by Gasteiger charge is 2.39. The Bertz CT molecular complexity index is 1250. The molecule has 0 saturated carbocycles. The smallest absolute Gasteiger partial charge is 0.374 e. The van der Waals surface area contributed by atoms with Gasteiger partial charge in [0.05, 0.1) is 30.0 Å². The van der Waals surface area contributed by atoms with Gasteiger partial charge in [-0.05, 0) is 50.7 Å². The highest BCUT2D eigenvalue weighted by atomic mass is 19.4. The fraction of sp³-hybridized carbons (Fsp3) is 0.458. The molecule has 0 spiro atoms. The number of nitrogens with two attached hydrogens (primary N) is 1. The predicted octanol–water partition coefficient (Wildman–Crippen LogP) is 3.46. The maximum absolute atomic E-state index is 13.4. The third-order valence-electron chi connectivity index (χ3n) is 6.70. The van der Waals surface area contributed by atoms with Crippen LogP contribution >= 0.6 is 0 Å². The summed E-state index contributed by atoms with van der Waals surface area (Å²) in [5.74, 6) is 1.21. The normalized spacial score (nSPS) is 20.7. The average molecular weight is 488 g/mol. The van der Waals surface area contributed by atoms with Crippen molar-refractivity contribution in [3.8, 4) is 0 Å². The van der Waals surface area contributed by atoms with Gasteiger partial charge in [-0.25, -0.2) is 4.98 Å². The molecule has 3 aromatic rings. The summed E-state index contributed by atoms with van der Waals surface area (Å²) in [5, 5.41) is 13.4. The van der Waals surface area contributed by atoms with E-state index in [1.54, 1.807) is 12.3 Å². The molecule has 0 aliphatic carbocycles. The van der Waals surface area contributed by atoms with E-state index in [9.17, 15) is 13.2 Å². The van der Waals surface area contributed by atoms with Gasteiger partial charge in [-0.15, -0.1) is 5.10 Å². The predicted molar refractivity (Wildman–Crippen MR) is 127 cm³/mol. The second-order valence-electron chi connectivity index (χ2n) is 9.46. The van der Waals surface area contributed by atoms with Gasteiger partial charge in [0, 0.05) is 30.1 Å². The zero-order chi connectivity index (χ0) is 24.9. The molecular weight excluding hydrogens is 459 g/mol. The van der Waals surface area contributed by atoms with Crippen LogP contribution in [-0.2, 0) is 17.5 Å². The van der Waals surface area contributed by atoms with Crippen LogP contribution in [0, 0.1) is 6.92 Å². The number of benzene rings is 1. The Labute approximate surface area is 201 Å². The Morgan fingerprint density at radius 1 is 1.26 bits per heavy atom. The second-order valence-corrected chi connectivity index (χ2v) is 9.46. The van der Waals surface area contributed by atoms with Crippen molar-refractivity contribution in [1.29, 1.82) is 0 Å². The van der Waals surface area contributed by atoms with E-state index < -0.39 is 17.9 Å². The molecule has 3 atom stereocenters. The fourth-order valence-corrected chi connectivity index (χ4v) is 4.97. The van der Waals surface area contributed by atoms with Gasteiger partial charge in [-0.2, -0.15) is 18.3 Å². The third-order valence-corrected chi connectivity index (χ3v) is 6.70. The van der Waals surface area contributed by atoms with Gasteiger partial charge in [0.15, 0.2) is 5.82 Å². The van der Waals surface area contributed by atoms with Gasteiger partial charge < -0.3 is 25.6 Å². The fourth-order valence-electron chi connectivity index (χ4n) is 4.97. The molecule has 4 heterocycles. The van der Waals surface area contributed by atoms with Crippen LogP contribution in [0.1, 0.15) is 35.0 Å². The average Bonchev–Trinajstić information content (AvgIpc) is 3.43.